The molecule has 1 amide bonds. The number of benzene rings is 1. The maximum absolute atomic E-state index is 12.0. The fourth-order valence-electron chi connectivity index (χ4n) is 1.74. The van der Waals surface area contributed by atoms with Crippen LogP contribution in [0.25, 0.3) is 0 Å². The van der Waals surface area contributed by atoms with E-state index in [0.717, 1.165) is 6.07 Å². The minimum Gasteiger partial charge on any atom is -0.508 e. The Morgan fingerprint density at radius 2 is 1.86 bits per heavy atom. The molecule has 1 heterocycles. The zero-order chi connectivity index (χ0) is 16.3. The van der Waals surface area contributed by atoms with E-state index in [-0.39, 0.29) is 10.5 Å². The summed E-state index contributed by atoms with van der Waals surface area (Å²) in [5, 5.41) is 30.1. The second kappa shape index (κ2) is 6.00. The fraction of sp³-hybridized carbons (Fsp3) is 0.0714. The fourth-order valence-corrected chi connectivity index (χ4v) is 1.74. The predicted octanol–water partition coefficient (Wildman–Crippen LogP) is 0.0776. The molecular weight excluding hydrogens is 292 g/mol. The highest BCUT2D eigenvalue weighted by Gasteiger charge is 2.19. The second-order valence-electron chi connectivity index (χ2n) is 4.37. The first kappa shape index (κ1) is 15.1. The monoisotopic (exact) mass is 303 g/mol. The molecule has 22 heavy (non-hydrogen) atoms. The number of phenols is 1. The van der Waals surface area contributed by atoms with E-state index in [1.807, 2.05) is 0 Å². The van der Waals surface area contributed by atoms with E-state index >= 15 is 0 Å². The predicted molar refractivity (Wildman–Crippen MR) is 73.6 cm³/mol. The molecule has 113 valence electrons. The van der Waals surface area contributed by atoms with Gasteiger partial charge in [0.15, 0.2) is 5.75 Å². The number of phenolic OH excluding ortho intramolecular Hbond substituents is 1. The third kappa shape index (κ3) is 3.06. The largest absolute Gasteiger partial charge is 0.508 e. The van der Waals surface area contributed by atoms with Crippen molar-refractivity contribution in [3.63, 3.8) is 0 Å². The Hall–Kier alpha value is -3.29. The Bertz CT molecular complexity index is 766. The topological polar surface area (TPSA) is 129 Å². The molecule has 0 bridgehead atoms. The van der Waals surface area contributed by atoms with Crippen LogP contribution in [0.4, 0.5) is 0 Å². The number of aromatic hydroxyl groups is 2. The van der Waals surface area contributed by atoms with E-state index in [1.165, 1.54) is 24.3 Å². The molecule has 0 fully saturated rings. The standard InChI is InChI=1S/C14H11N2O6/c17-7-10(8-1-3-9(18)4-2-8)15-14(21)11-5-12(19)13(20)6-16(11)22/h1-6,10,18,20,22H,(H,15,21). The van der Waals surface area contributed by atoms with Crippen molar-refractivity contribution in [2.24, 2.45) is 0 Å². The van der Waals surface area contributed by atoms with Gasteiger partial charge in [-0.2, -0.15) is 4.73 Å². The summed E-state index contributed by atoms with van der Waals surface area (Å²) in [6.07, 6.45) is 2.27. The second-order valence-corrected chi connectivity index (χ2v) is 4.37. The van der Waals surface area contributed by atoms with E-state index in [4.69, 9.17) is 5.11 Å². The van der Waals surface area contributed by atoms with Crippen molar-refractivity contribution in [3.05, 3.63) is 58.0 Å². The van der Waals surface area contributed by atoms with Gasteiger partial charge in [0.05, 0.1) is 6.20 Å². The molecule has 2 aromatic rings. The van der Waals surface area contributed by atoms with Crippen molar-refractivity contribution in [1.29, 1.82) is 0 Å². The lowest BCUT2D eigenvalue weighted by Crippen LogP contribution is -2.32. The number of aromatic nitrogens is 1. The summed E-state index contributed by atoms with van der Waals surface area (Å²) in [6.45, 7) is 0. The van der Waals surface area contributed by atoms with Gasteiger partial charge in [0.25, 0.3) is 5.91 Å². The summed E-state index contributed by atoms with van der Waals surface area (Å²) in [7, 11) is 0. The van der Waals surface area contributed by atoms with Crippen LogP contribution in [0.15, 0.2) is 41.3 Å². The molecule has 0 aliphatic rings. The van der Waals surface area contributed by atoms with Gasteiger partial charge in [0.1, 0.15) is 17.5 Å². The quantitative estimate of drug-likeness (QED) is 0.592. The van der Waals surface area contributed by atoms with Crippen LogP contribution in [0.5, 0.6) is 11.5 Å². The molecule has 1 aromatic carbocycles. The number of hydrogen-bond donors (Lipinski definition) is 4. The minimum absolute atomic E-state index is 0.0116. The summed E-state index contributed by atoms with van der Waals surface area (Å²) in [5.41, 5.74) is -0.958. The number of carbonyl (C=O) groups excluding carboxylic acids is 2. The average molecular weight is 303 g/mol. The zero-order valence-electron chi connectivity index (χ0n) is 11.1. The van der Waals surface area contributed by atoms with Gasteiger partial charge < -0.3 is 20.7 Å². The van der Waals surface area contributed by atoms with Gasteiger partial charge in [-0.3, -0.25) is 14.4 Å². The molecule has 8 nitrogen and oxygen atoms in total. The van der Waals surface area contributed by atoms with Crippen LogP contribution in [-0.2, 0) is 4.79 Å². The third-order valence-corrected chi connectivity index (χ3v) is 2.86. The summed E-state index contributed by atoms with van der Waals surface area (Å²) >= 11 is 0. The van der Waals surface area contributed by atoms with Gasteiger partial charge in [-0.1, -0.05) is 12.1 Å². The molecular formula is C14H11N2O6. The van der Waals surface area contributed by atoms with Crippen molar-refractivity contribution in [1.82, 2.24) is 10.0 Å². The normalized spacial score (nSPS) is 11.6. The van der Waals surface area contributed by atoms with Crippen molar-refractivity contribution in [3.8, 4) is 11.5 Å². The van der Waals surface area contributed by atoms with Crippen molar-refractivity contribution in [2.45, 2.75) is 6.04 Å². The molecule has 1 radical (unpaired) electrons. The molecule has 1 aromatic heterocycles. The minimum atomic E-state index is -1.16. The molecule has 0 aliphatic carbocycles. The van der Waals surface area contributed by atoms with E-state index in [0.29, 0.717) is 11.8 Å². The first-order valence-corrected chi connectivity index (χ1v) is 6.04. The van der Waals surface area contributed by atoms with Crippen molar-refractivity contribution >= 4 is 12.2 Å². The smallest absolute Gasteiger partial charge is 0.272 e. The van der Waals surface area contributed by atoms with Crippen LogP contribution in [-0.4, -0.2) is 32.3 Å². The molecule has 1 unspecified atom stereocenters. The lowest BCUT2D eigenvalue weighted by molar-refractivity contribution is 0.0889. The highest BCUT2D eigenvalue weighted by molar-refractivity contribution is 5.94. The molecule has 2 rings (SSSR count). The summed E-state index contributed by atoms with van der Waals surface area (Å²) in [6, 6.07) is 5.05. The summed E-state index contributed by atoms with van der Waals surface area (Å²) < 4.78 is 0.269. The van der Waals surface area contributed by atoms with Crippen LogP contribution in [0.1, 0.15) is 22.1 Å². The van der Waals surface area contributed by atoms with Gasteiger partial charge in [0.2, 0.25) is 11.7 Å². The number of carbonyl (C=O) groups is 1. The molecule has 4 N–H and O–H groups in total. The zero-order valence-corrected chi connectivity index (χ0v) is 11.1. The number of pyridine rings is 1. The Balaban J connectivity index is 2.26. The van der Waals surface area contributed by atoms with Crippen molar-refractivity contribution in [2.75, 3.05) is 0 Å². The van der Waals surface area contributed by atoms with E-state index in [2.05, 4.69) is 5.32 Å². The molecule has 0 saturated carbocycles. The number of rotatable bonds is 4. The SMILES string of the molecule is O=[C]C(NC(=O)c1cc(=O)c(O)cn1O)c1ccc(O)cc1. The molecule has 1 atom stereocenters. The Morgan fingerprint density at radius 3 is 2.45 bits per heavy atom. The van der Waals surface area contributed by atoms with Crippen LogP contribution in [0, 0.1) is 0 Å². The van der Waals surface area contributed by atoms with E-state index in [9.17, 15) is 24.7 Å². The van der Waals surface area contributed by atoms with Crippen molar-refractivity contribution < 1.29 is 25.0 Å². The highest BCUT2D eigenvalue weighted by Crippen LogP contribution is 2.16. The molecule has 0 aliphatic heterocycles. The van der Waals surface area contributed by atoms with Crippen LogP contribution >= 0.6 is 0 Å². The van der Waals surface area contributed by atoms with Gasteiger partial charge in [-0.25, -0.2) is 0 Å². The number of amides is 1. The lowest BCUT2D eigenvalue weighted by atomic mass is 10.1. The Labute approximate surface area is 123 Å². The highest BCUT2D eigenvalue weighted by atomic mass is 16.5. The Kier molecular flexibility index (Phi) is 4.12. The van der Waals surface area contributed by atoms with E-state index in [1.54, 1.807) is 6.29 Å². The summed E-state index contributed by atoms with van der Waals surface area (Å²) in [5.74, 6) is -1.65. The van der Waals surface area contributed by atoms with Gasteiger partial charge in [-0.15, -0.1) is 0 Å². The number of hydrogen-bond acceptors (Lipinski definition) is 6. The summed E-state index contributed by atoms with van der Waals surface area (Å²) in [4.78, 5) is 34.3. The lowest BCUT2D eigenvalue weighted by Gasteiger charge is -2.13. The Morgan fingerprint density at radius 1 is 1.23 bits per heavy atom. The van der Waals surface area contributed by atoms with Gasteiger partial charge >= 0.3 is 0 Å². The first-order chi connectivity index (χ1) is 10.4. The third-order valence-electron chi connectivity index (χ3n) is 2.86. The number of nitrogens with zero attached hydrogens (tertiary/aromatic N) is 1. The number of nitrogens with one attached hydrogen (secondary N) is 1. The first-order valence-electron chi connectivity index (χ1n) is 6.04. The maximum Gasteiger partial charge on any atom is 0.272 e. The van der Waals surface area contributed by atoms with Crippen LogP contribution < -0.4 is 10.7 Å². The maximum atomic E-state index is 12.0. The molecule has 8 heteroatoms. The molecule has 0 spiro atoms. The molecule has 0 saturated heterocycles. The van der Waals surface area contributed by atoms with E-state index < -0.39 is 28.8 Å². The van der Waals surface area contributed by atoms with Crippen LogP contribution in [0.3, 0.4) is 0 Å². The van der Waals surface area contributed by atoms with Gasteiger partial charge in [0, 0.05) is 6.07 Å². The van der Waals surface area contributed by atoms with Crippen LogP contribution in [0.2, 0.25) is 0 Å². The van der Waals surface area contributed by atoms with Gasteiger partial charge in [-0.05, 0) is 17.7 Å². The average Bonchev–Trinajstić information content (AvgIpc) is 2.49.